The van der Waals surface area contributed by atoms with E-state index in [1.807, 2.05) is 0 Å². The van der Waals surface area contributed by atoms with E-state index >= 15 is 0 Å². The molecule has 4 heteroatoms. The number of hydrogen-bond donors (Lipinski definition) is 0. The van der Waals surface area contributed by atoms with Gasteiger partial charge >= 0.3 is 0 Å². The first-order valence-electron chi connectivity index (χ1n) is 26.2. The molecule has 74 heavy (non-hydrogen) atoms. The van der Waals surface area contributed by atoms with Crippen molar-refractivity contribution in [3.05, 3.63) is 263 Å². The molecule has 12 aromatic rings. The molecule has 0 radical (unpaired) electrons. The van der Waals surface area contributed by atoms with Crippen molar-refractivity contribution >= 4 is 78.0 Å². The molecule has 0 saturated heterocycles. The van der Waals surface area contributed by atoms with Gasteiger partial charge in [-0.3, -0.25) is 0 Å². The van der Waals surface area contributed by atoms with Gasteiger partial charge in [-0.1, -0.05) is 193 Å². The van der Waals surface area contributed by atoms with Crippen LogP contribution >= 0.6 is 0 Å². The van der Waals surface area contributed by atoms with Crippen molar-refractivity contribution < 1.29 is 8.83 Å². The smallest absolute Gasteiger partial charge is 0.159 e. The molecule has 0 atom stereocenters. The molecule has 2 aliphatic carbocycles. The summed E-state index contributed by atoms with van der Waals surface area (Å²) in [5, 5.41) is 4.40. The molecular formula is C70H56N2O2. The van der Waals surface area contributed by atoms with E-state index in [0.717, 1.165) is 78.0 Å². The van der Waals surface area contributed by atoms with Gasteiger partial charge in [0.1, 0.15) is 11.2 Å². The second kappa shape index (κ2) is 16.5. The van der Waals surface area contributed by atoms with E-state index in [4.69, 9.17) is 8.83 Å². The predicted molar refractivity (Wildman–Crippen MR) is 308 cm³/mol. The second-order valence-electron chi connectivity index (χ2n) is 21.6. The van der Waals surface area contributed by atoms with Gasteiger partial charge in [0, 0.05) is 49.6 Å². The molecule has 4 nitrogen and oxygen atoms in total. The van der Waals surface area contributed by atoms with E-state index in [9.17, 15) is 0 Å². The predicted octanol–water partition coefficient (Wildman–Crippen LogP) is 19.7. The van der Waals surface area contributed by atoms with E-state index < -0.39 is 5.41 Å². The maximum absolute atomic E-state index is 6.93. The lowest BCUT2D eigenvalue weighted by Gasteiger charge is -2.46. The average Bonchev–Trinajstić information content (AvgIpc) is 4.10. The number of hydrogen-bond acceptors (Lipinski definition) is 4. The molecule has 0 bridgehead atoms. The van der Waals surface area contributed by atoms with Crippen molar-refractivity contribution in [1.29, 1.82) is 0 Å². The number of rotatable bonds is 8. The molecule has 358 valence electrons. The topological polar surface area (TPSA) is 32.8 Å². The Morgan fingerprint density at radius 1 is 0.351 bits per heavy atom. The maximum Gasteiger partial charge on any atom is 0.159 e. The van der Waals surface area contributed by atoms with E-state index in [2.05, 4.69) is 270 Å². The highest BCUT2D eigenvalue weighted by Gasteiger charge is 2.54. The summed E-state index contributed by atoms with van der Waals surface area (Å²) in [4.78, 5) is 4.88. The van der Waals surface area contributed by atoms with Crippen LogP contribution in [0.1, 0.15) is 97.9 Å². The number of para-hydroxylation sites is 4. The third kappa shape index (κ3) is 6.27. The van der Waals surface area contributed by atoms with Gasteiger partial charge in [-0.15, -0.1) is 0 Å². The van der Waals surface area contributed by atoms with Crippen molar-refractivity contribution in [3.8, 4) is 11.1 Å². The second-order valence-corrected chi connectivity index (χ2v) is 21.6. The summed E-state index contributed by atoms with van der Waals surface area (Å²) in [5.74, 6) is 0.784. The Morgan fingerprint density at radius 2 is 0.770 bits per heavy atom. The van der Waals surface area contributed by atoms with Crippen molar-refractivity contribution in [3.63, 3.8) is 0 Å². The molecule has 2 aliphatic rings. The Morgan fingerprint density at radius 3 is 1.31 bits per heavy atom. The van der Waals surface area contributed by atoms with Gasteiger partial charge in [-0.25, -0.2) is 0 Å². The Balaban J connectivity index is 1.09. The number of anilines is 6. The minimum absolute atomic E-state index is 0.265. The summed E-state index contributed by atoms with van der Waals surface area (Å²) in [7, 11) is 0. The van der Waals surface area contributed by atoms with Gasteiger partial charge in [-0.2, -0.15) is 0 Å². The van der Waals surface area contributed by atoms with Crippen molar-refractivity contribution in [1.82, 2.24) is 0 Å². The van der Waals surface area contributed by atoms with Crippen molar-refractivity contribution in [2.75, 3.05) is 9.80 Å². The van der Waals surface area contributed by atoms with E-state index in [1.54, 1.807) is 0 Å². The lowest BCUT2D eigenvalue weighted by atomic mass is 9.55. The van der Waals surface area contributed by atoms with Crippen LogP contribution in [0.3, 0.4) is 0 Å². The van der Waals surface area contributed by atoms with Gasteiger partial charge < -0.3 is 18.6 Å². The molecule has 2 heterocycles. The highest BCUT2D eigenvalue weighted by molar-refractivity contribution is 6.12. The number of benzene rings is 10. The van der Waals surface area contributed by atoms with Crippen LogP contribution < -0.4 is 9.80 Å². The van der Waals surface area contributed by atoms with Gasteiger partial charge in [0.2, 0.25) is 0 Å². The maximum atomic E-state index is 6.93. The summed E-state index contributed by atoms with van der Waals surface area (Å²) in [6, 6.07) is 81.0. The van der Waals surface area contributed by atoms with Crippen LogP contribution in [0, 0.1) is 0 Å². The highest BCUT2D eigenvalue weighted by Crippen LogP contribution is 2.65. The fraction of sp³-hybridized carbons (Fsp3) is 0.143. The third-order valence-electron chi connectivity index (χ3n) is 16.5. The first kappa shape index (κ1) is 44.1. The van der Waals surface area contributed by atoms with Crippen LogP contribution in [0.15, 0.2) is 227 Å². The first-order valence-corrected chi connectivity index (χ1v) is 26.2. The number of furan rings is 2. The molecule has 0 saturated carbocycles. The summed E-state index contributed by atoms with van der Waals surface area (Å²) in [5.41, 5.74) is 21.5. The van der Waals surface area contributed by atoms with Crippen LogP contribution in [0.2, 0.25) is 0 Å². The highest BCUT2D eigenvalue weighted by atomic mass is 16.3. The van der Waals surface area contributed by atoms with Crippen LogP contribution in [-0.4, -0.2) is 0 Å². The summed E-state index contributed by atoms with van der Waals surface area (Å²) in [6.07, 6.45) is 0. The largest absolute Gasteiger partial charge is 0.454 e. The quantitative estimate of drug-likeness (QED) is 0.152. The standard InChI is InChI=1S/C70H56N2O2/c1-43(2)45-32-36-47(37-33-45)71(62-28-15-20-52-50-18-7-13-30-64(50)73-67(52)62)49-40-41-54-60(42-49)70(57-24-11-9-22-55(57)69(5,6)56-23-10-12-25-58(56)70)59-26-17-27-61(66(54)59)72(48-38-34-46(35-39-48)44(3)4)63-29-16-21-53-51-19-8-14-31-65(51)74-68(53)63/h7-44H,1-6H3. The molecule has 0 N–H and O–H groups in total. The summed E-state index contributed by atoms with van der Waals surface area (Å²) >= 11 is 0. The molecule has 0 unspecified atom stereocenters. The summed E-state index contributed by atoms with van der Waals surface area (Å²) < 4.78 is 13.8. The zero-order valence-corrected chi connectivity index (χ0v) is 42.7. The first-order chi connectivity index (χ1) is 36.1. The Hall–Kier alpha value is -8.60. The zero-order chi connectivity index (χ0) is 50.0. The van der Waals surface area contributed by atoms with Crippen LogP contribution in [-0.2, 0) is 10.8 Å². The molecule has 14 rings (SSSR count). The normalized spacial score (nSPS) is 14.0. The lowest BCUT2D eigenvalue weighted by molar-refractivity contribution is 0.563. The minimum atomic E-state index is -0.698. The number of nitrogens with zero attached hydrogens (tertiary/aromatic N) is 2. The van der Waals surface area contributed by atoms with Gasteiger partial charge in [0.15, 0.2) is 11.2 Å². The van der Waals surface area contributed by atoms with Gasteiger partial charge in [0.25, 0.3) is 0 Å². The molecular weight excluding hydrogens is 901 g/mol. The molecule has 2 aromatic heterocycles. The Labute approximate surface area is 432 Å². The van der Waals surface area contributed by atoms with Crippen LogP contribution in [0.5, 0.6) is 0 Å². The van der Waals surface area contributed by atoms with Crippen LogP contribution in [0.25, 0.3) is 55.0 Å². The Kier molecular flexibility index (Phi) is 9.82. The molecule has 0 fully saturated rings. The van der Waals surface area contributed by atoms with Gasteiger partial charge in [0.05, 0.1) is 22.5 Å². The average molecular weight is 957 g/mol. The number of fused-ring (bicyclic) bond motifs is 15. The van der Waals surface area contributed by atoms with E-state index in [1.165, 1.54) is 55.6 Å². The Bertz CT molecular complexity index is 4140. The van der Waals surface area contributed by atoms with Crippen LogP contribution in [0.4, 0.5) is 34.1 Å². The molecule has 1 spiro atoms. The SMILES string of the molecule is CC(C)c1ccc(N(c2ccc3c(c2)C2(c4ccccc4C(C)(C)c4ccccc42)c2cccc(N(c4ccc(C(C)C)cc4)c4cccc5c4oc4ccccc45)c2-3)c2cccc3c2oc2ccccc23)cc1. The molecule has 0 amide bonds. The lowest BCUT2D eigenvalue weighted by Crippen LogP contribution is -2.40. The third-order valence-corrected chi connectivity index (χ3v) is 16.5. The zero-order valence-electron chi connectivity index (χ0n) is 42.7. The van der Waals surface area contributed by atoms with Gasteiger partial charge in [-0.05, 0) is 129 Å². The monoisotopic (exact) mass is 956 g/mol. The van der Waals surface area contributed by atoms with Crippen molar-refractivity contribution in [2.45, 2.75) is 64.2 Å². The fourth-order valence-corrected chi connectivity index (χ4v) is 12.9. The van der Waals surface area contributed by atoms with Crippen molar-refractivity contribution in [2.24, 2.45) is 0 Å². The fourth-order valence-electron chi connectivity index (χ4n) is 12.9. The summed E-state index contributed by atoms with van der Waals surface area (Å²) in [6.45, 7) is 13.8. The molecule has 10 aromatic carbocycles. The minimum Gasteiger partial charge on any atom is -0.454 e. The van der Waals surface area contributed by atoms with E-state index in [-0.39, 0.29) is 5.41 Å². The molecule has 0 aliphatic heterocycles. The van der Waals surface area contributed by atoms with E-state index in [0.29, 0.717) is 11.8 Å².